The minimum absolute atomic E-state index is 0.493. The SMILES string of the molecule is COCc1nc(N(C)Cc2cccc(C)n2)sc1CN. The lowest BCUT2D eigenvalue weighted by atomic mass is 10.3. The Morgan fingerprint density at radius 1 is 1.35 bits per heavy atom. The Bertz CT molecular complexity index is 570. The van der Waals surface area contributed by atoms with Gasteiger partial charge in [-0.25, -0.2) is 4.98 Å². The standard InChI is InChI=1S/C14H20N4OS/c1-10-5-4-6-11(16-10)8-18(2)14-17-12(9-19-3)13(7-15)20-14/h4-6H,7-9,15H2,1-3H3. The Hall–Kier alpha value is -1.50. The smallest absolute Gasteiger partial charge is 0.186 e. The number of nitrogens with two attached hydrogens (primary N) is 1. The highest BCUT2D eigenvalue weighted by Crippen LogP contribution is 2.26. The molecule has 5 nitrogen and oxygen atoms in total. The maximum absolute atomic E-state index is 5.75. The van der Waals surface area contributed by atoms with Gasteiger partial charge in [-0.05, 0) is 19.1 Å². The van der Waals surface area contributed by atoms with E-state index in [0.29, 0.717) is 13.2 Å². The summed E-state index contributed by atoms with van der Waals surface area (Å²) in [6.45, 7) is 3.72. The summed E-state index contributed by atoms with van der Waals surface area (Å²) in [6, 6.07) is 6.04. The number of hydrogen-bond acceptors (Lipinski definition) is 6. The summed E-state index contributed by atoms with van der Waals surface area (Å²) in [7, 11) is 3.68. The quantitative estimate of drug-likeness (QED) is 0.883. The van der Waals surface area contributed by atoms with Gasteiger partial charge in [-0.15, -0.1) is 11.3 Å². The third kappa shape index (κ3) is 3.53. The summed E-state index contributed by atoms with van der Waals surface area (Å²) in [4.78, 5) is 12.3. The van der Waals surface area contributed by atoms with E-state index in [-0.39, 0.29) is 0 Å². The van der Waals surface area contributed by atoms with Crippen LogP contribution in [0.2, 0.25) is 0 Å². The normalized spacial score (nSPS) is 10.8. The van der Waals surface area contributed by atoms with E-state index >= 15 is 0 Å². The van der Waals surface area contributed by atoms with Crippen molar-refractivity contribution in [1.29, 1.82) is 0 Å². The first-order valence-electron chi connectivity index (χ1n) is 6.45. The lowest BCUT2D eigenvalue weighted by Crippen LogP contribution is -2.17. The number of aromatic nitrogens is 2. The van der Waals surface area contributed by atoms with Crippen LogP contribution in [-0.4, -0.2) is 24.1 Å². The van der Waals surface area contributed by atoms with E-state index in [9.17, 15) is 0 Å². The second-order valence-corrected chi connectivity index (χ2v) is 5.69. The molecule has 0 aliphatic carbocycles. The minimum Gasteiger partial charge on any atom is -0.378 e. The molecule has 2 aromatic heterocycles. The molecule has 20 heavy (non-hydrogen) atoms. The Kier molecular flexibility index (Phi) is 5.05. The first kappa shape index (κ1) is 14.9. The molecule has 0 radical (unpaired) electrons. The van der Waals surface area contributed by atoms with Gasteiger partial charge in [0, 0.05) is 31.3 Å². The minimum atomic E-state index is 0.493. The van der Waals surface area contributed by atoms with Gasteiger partial charge in [0.25, 0.3) is 0 Å². The molecule has 2 heterocycles. The zero-order valence-corrected chi connectivity index (χ0v) is 12.9. The van der Waals surface area contributed by atoms with Gasteiger partial charge in [-0.3, -0.25) is 4.98 Å². The summed E-state index contributed by atoms with van der Waals surface area (Å²) in [5.41, 5.74) is 8.74. The highest BCUT2D eigenvalue weighted by molar-refractivity contribution is 7.15. The van der Waals surface area contributed by atoms with Gasteiger partial charge < -0.3 is 15.4 Å². The highest BCUT2D eigenvalue weighted by atomic mass is 32.1. The number of methoxy groups -OCH3 is 1. The largest absolute Gasteiger partial charge is 0.378 e. The van der Waals surface area contributed by atoms with E-state index in [1.165, 1.54) is 0 Å². The molecule has 0 atom stereocenters. The molecule has 0 bridgehead atoms. The van der Waals surface area contributed by atoms with Crippen molar-refractivity contribution in [2.45, 2.75) is 26.6 Å². The topological polar surface area (TPSA) is 64.3 Å². The molecule has 0 aliphatic heterocycles. The molecule has 2 N–H and O–H groups in total. The number of rotatable bonds is 6. The van der Waals surface area contributed by atoms with Crippen molar-refractivity contribution in [3.05, 3.63) is 40.2 Å². The number of hydrogen-bond donors (Lipinski definition) is 1. The molecular weight excluding hydrogens is 272 g/mol. The van der Waals surface area contributed by atoms with Gasteiger partial charge >= 0.3 is 0 Å². The third-order valence-corrected chi connectivity index (χ3v) is 4.14. The lowest BCUT2D eigenvalue weighted by molar-refractivity contribution is 0.181. The molecule has 0 spiro atoms. The molecule has 2 aromatic rings. The molecule has 108 valence electrons. The van der Waals surface area contributed by atoms with Crippen LogP contribution in [0.1, 0.15) is 22.0 Å². The van der Waals surface area contributed by atoms with Crippen molar-refractivity contribution in [1.82, 2.24) is 9.97 Å². The van der Waals surface area contributed by atoms with Crippen molar-refractivity contribution in [3.63, 3.8) is 0 Å². The summed E-state index contributed by atoms with van der Waals surface area (Å²) in [6.07, 6.45) is 0. The Labute approximate surface area is 123 Å². The van der Waals surface area contributed by atoms with Gasteiger partial charge in [0.2, 0.25) is 0 Å². The maximum Gasteiger partial charge on any atom is 0.186 e. The van der Waals surface area contributed by atoms with Gasteiger partial charge in [0.05, 0.1) is 24.5 Å². The fourth-order valence-corrected chi connectivity index (χ4v) is 2.84. The first-order chi connectivity index (χ1) is 9.63. The molecule has 0 aromatic carbocycles. The van der Waals surface area contributed by atoms with Crippen LogP contribution in [0.5, 0.6) is 0 Å². The molecular formula is C14H20N4OS. The summed E-state index contributed by atoms with van der Waals surface area (Å²) >= 11 is 1.61. The number of thiazole rings is 1. The first-order valence-corrected chi connectivity index (χ1v) is 7.27. The number of ether oxygens (including phenoxy) is 1. The van der Waals surface area contributed by atoms with Crippen LogP contribution in [0.25, 0.3) is 0 Å². The van der Waals surface area contributed by atoms with E-state index in [1.54, 1.807) is 18.4 Å². The monoisotopic (exact) mass is 292 g/mol. The zero-order valence-electron chi connectivity index (χ0n) is 12.1. The van der Waals surface area contributed by atoms with Crippen LogP contribution >= 0.6 is 11.3 Å². The number of aryl methyl sites for hydroxylation is 1. The van der Waals surface area contributed by atoms with Crippen LogP contribution in [0.3, 0.4) is 0 Å². The van der Waals surface area contributed by atoms with Crippen molar-refractivity contribution < 1.29 is 4.74 Å². The van der Waals surface area contributed by atoms with E-state index in [2.05, 4.69) is 14.9 Å². The van der Waals surface area contributed by atoms with Gasteiger partial charge in [-0.2, -0.15) is 0 Å². The molecule has 0 unspecified atom stereocenters. The molecule has 0 saturated carbocycles. The van der Waals surface area contributed by atoms with Crippen LogP contribution in [-0.2, 0) is 24.4 Å². The average Bonchev–Trinajstić information content (AvgIpc) is 2.82. The van der Waals surface area contributed by atoms with Crippen LogP contribution in [0.15, 0.2) is 18.2 Å². The van der Waals surface area contributed by atoms with Crippen LogP contribution < -0.4 is 10.6 Å². The van der Waals surface area contributed by atoms with Gasteiger partial charge in [-0.1, -0.05) is 6.07 Å². The van der Waals surface area contributed by atoms with E-state index in [4.69, 9.17) is 10.5 Å². The predicted molar refractivity (Wildman–Crippen MR) is 81.8 cm³/mol. The van der Waals surface area contributed by atoms with Crippen LogP contribution in [0, 0.1) is 6.92 Å². The van der Waals surface area contributed by atoms with Crippen LogP contribution in [0.4, 0.5) is 5.13 Å². The number of anilines is 1. The van der Waals surface area contributed by atoms with Crippen molar-refractivity contribution in [2.24, 2.45) is 5.73 Å². The predicted octanol–water partition coefficient (Wildman–Crippen LogP) is 2.09. The second kappa shape index (κ2) is 6.78. The summed E-state index contributed by atoms with van der Waals surface area (Å²) in [5, 5.41) is 0.945. The average molecular weight is 292 g/mol. The molecule has 2 rings (SSSR count). The molecule has 0 fully saturated rings. The van der Waals surface area contributed by atoms with E-state index < -0.39 is 0 Å². The van der Waals surface area contributed by atoms with Crippen molar-refractivity contribution in [2.75, 3.05) is 19.1 Å². The fourth-order valence-electron chi connectivity index (χ4n) is 1.94. The summed E-state index contributed by atoms with van der Waals surface area (Å²) < 4.78 is 5.16. The Morgan fingerprint density at radius 3 is 2.80 bits per heavy atom. The molecule has 0 aliphatic rings. The molecule has 0 amide bonds. The second-order valence-electron chi connectivity index (χ2n) is 4.63. The zero-order chi connectivity index (χ0) is 14.5. The number of nitrogens with zero attached hydrogens (tertiary/aromatic N) is 3. The Balaban J connectivity index is 2.14. The lowest BCUT2D eigenvalue weighted by Gasteiger charge is -2.15. The molecule has 6 heteroatoms. The molecule has 0 saturated heterocycles. The van der Waals surface area contributed by atoms with Gasteiger partial charge in [0.15, 0.2) is 5.13 Å². The summed E-state index contributed by atoms with van der Waals surface area (Å²) in [5.74, 6) is 0. The van der Waals surface area contributed by atoms with E-state index in [1.807, 2.05) is 32.2 Å². The van der Waals surface area contributed by atoms with Gasteiger partial charge in [0.1, 0.15) is 0 Å². The van der Waals surface area contributed by atoms with Crippen molar-refractivity contribution >= 4 is 16.5 Å². The number of pyridine rings is 1. The Morgan fingerprint density at radius 2 is 2.15 bits per heavy atom. The highest BCUT2D eigenvalue weighted by Gasteiger charge is 2.13. The van der Waals surface area contributed by atoms with Crippen molar-refractivity contribution in [3.8, 4) is 0 Å². The fraction of sp³-hybridized carbons (Fsp3) is 0.429. The third-order valence-electron chi connectivity index (χ3n) is 2.91. The maximum atomic E-state index is 5.75. The van der Waals surface area contributed by atoms with E-state index in [0.717, 1.165) is 33.6 Å².